The Hall–Kier alpha value is -1.85. The second kappa shape index (κ2) is 5.86. The van der Waals surface area contributed by atoms with Crippen molar-refractivity contribution < 1.29 is 4.79 Å². The minimum Gasteiger partial charge on any atom is -0.365 e. The van der Waals surface area contributed by atoms with Crippen LogP contribution in [-0.4, -0.2) is 28.5 Å². The van der Waals surface area contributed by atoms with Crippen molar-refractivity contribution in [3.8, 4) is 0 Å². The van der Waals surface area contributed by atoms with Gasteiger partial charge in [-0.25, -0.2) is 4.98 Å². The minimum absolute atomic E-state index is 0.163. The van der Waals surface area contributed by atoms with Crippen molar-refractivity contribution in [2.45, 2.75) is 39.7 Å². The van der Waals surface area contributed by atoms with E-state index in [1.165, 1.54) is 6.20 Å². The third-order valence-corrected chi connectivity index (χ3v) is 3.69. The Bertz CT molecular complexity index is 460. The van der Waals surface area contributed by atoms with Crippen LogP contribution in [0.3, 0.4) is 0 Å². The van der Waals surface area contributed by atoms with Gasteiger partial charge in [-0.1, -0.05) is 20.8 Å². The molecule has 0 saturated carbocycles. The maximum absolute atomic E-state index is 11.4. The summed E-state index contributed by atoms with van der Waals surface area (Å²) < 4.78 is 0. The Balaban J connectivity index is 3.20. The standard InChI is InChI=1S/C13H23N5O/c1-6-13(4,8(2)3)18-11-9(10(14)19)7-16-12(15-5)17-11/h7-8H,6H2,1-5H3,(H2,14,19)(H2,15,16,17,18). The first-order valence-corrected chi connectivity index (χ1v) is 6.46. The molecule has 1 unspecified atom stereocenters. The highest BCUT2D eigenvalue weighted by Gasteiger charge is 2.28. The second-order valence-electron chi connectivity index (χ2n) is 5.12. The maximum atomic E-state index is 11.4. The molecule has 1 rings (SSSR count). The van der Waals surface area contributed by atoms with Gasteiger partial charge in [-0.05, 0) is 19.3 Å². The van der Waals surface area contributed by atoms with Crippen molar-refractivity contribution >= 4 is 17.7 Å². The molecule has 1 amide bonds. The smallest absolute Gasteiger partial charge is 0.254 e. The van der Waals surface area contributed by atoms with Crippen LogP contribution in [0.4, 0.5) is 11.8 Å². The summed E-state index contributed by atoms with van der Waals surface area (Å²) in [7, 11) is 1.73. The highest BCUT2D eigenvalue weighted by atomic mass is 16.1. The third kappa shape index (κ3) is 3.33. The summed E-state index contributed by atoms with van der Waals surface area (Å²) in [4.78, 5) is 19.8. The molecule has 1 atom stereocenters. The fourth-order valence-corrected chi connectivity index (χ4v) is 1.69. The van der Waals surface area contributed by atoms with Gasteiger partial charge in [-0.3, -0.25) is 4.79 Å². The molecule has 6 heteroatoms. The van der Waals surface area contributed by atoms with E-state index in [9.17, 15) is 4.79 Å². The fourth-order valence-electron chi connectivity index (χ4n) is 1.69. The number of hydrogen-bond donors (Lipinski definition) is 3. The number of rotatable bonds is 6. The van der Waals surface area contributed by atoms with E-state index in [2.05, 4.69) is 48.3 Å². The van der Waals surface area contributed by atoms with E-state index >= 15 is 0 Å². The predicted molar refractivity (Wildman–Crippen MR) is 77.3 cm³/mol. The molecule has 0 spiro atoms. The normalized spacial score (nSPS) is 14.0. The van der Waals surface area contributed by atoms with Gasteiger partial charge in [0.25, 0.3) is 5.91 Å². The molecule has 4 N–H and O–H groups in total. The van der Waals surface area contributed by atoms with Crippen LogP contribution in [0.2, 0.25) is 0 Å². The highest BCUT2D eigenvalue weighted by molar-refractivity contribution is 5.97. The van der Waals surface area contributed by atoms with Gasteiger partial charge in [-0.15, -0.1) is 0 Å². The van der Waals surface area contributed by atoms with Crippen LogP contribution in [-0.2, 0) is 0 Å². The van der Waals surface area contributed by atoms with Crippen LogP contribution in [0.15, 0.2) is 6.20 Å². The molecule has 0 saturated heterocycles. The molecule has 1 aromatic rings. The lowest BCUT2D eigenvalue weighted by Crippen LogP contribution is -2.40. The summed E-state index contributed by atoms with van der Waals surface area (Å²) in [6.07, 6.45) is 2.35. The average molecular weight is 265 g/mol. The average Bonchev–Trinajstić information content (AvgIpc) is 2.37. The lowest BCUT2D eigenvalue weighted by molar-refractivity contribution is 0.100. The van der Waals surface area contributed by atoms with Crippen molar-refractivity contribution in [3.05, 3.63) is 11.8 Å². The number of carbonyl (C=O) groups is 1. The Morgan fingerprint density at radius 2 is 2.16 bits per heavy atom. The maximum Gasteiger partial charge on any atom is 0.254 e. The molecule has 1 heterocycles. The summed E-state index contributed by atoms with van der Waals surface area (Å²) in [5.41, 5.74) is 5.50. The second-order valence-corrected chi connectivity index (χ2v) is 5.12. The summed E-state index contributed by atoms with van der Waals surface area (Å²) in [5, 5.41) is 6.19. The number of primary amides is 1. The molecule has 6 nitrogen and oxygen atoms in total. The van der Waals surface area contributed by atoms with E-state index in [4.69, 9.17) is 5.73 Å². The molecular weight excluding hydrogens is 242 g/mol. The van der Waals surface area contributed by atoms with Crippen LogP contribution in [0.1, 0.15) is 44.5 Å². The van der Waals surface area contributed by atoms with Crippen molar-refractivity contribution in [1.82, 2.24) is 9.97 Å². The molecule has 0 aliphatic rings. The monoisotopic (exact) mass is 265 g/mol. The summed E-state index contributed by atoms with van der Waals surface area (Å²) >= 11 is 0. The van der Waals surface area contributed by atoms with E-state index in [0.29, 0.717) is 23.2 Å². The SMILES string of the molecule is CCC(C)(Nc1nc(NC)ncc1C(N)=O)C(C)C. The summed E-state index contributed by atoms with van der Waals surface area (Å²) in [5.74, 6) is 0.776. The number of nitrogens with zero attached hydrogens (tertiary/aromatic N) is 2. The van der Waals surface area contributed by atoms with Gasteiger partial charge in [0.2, 0.25) is 5.95 Å². The minimum atomic E-state index is -0.535. The summed E-state index contributed by atoms with van der Waals surface area (Å²) in [6, 6.07) is 0. The predicted octanol–water partition coefficient (Wildman–Crippen LogP) is 1.85. The molecule has 106 valence electrons. The van der Waals surface area contributed by atoms with E-state index in [-0.39, 0.29) is 5.54 Å². The van der Waals surface area contributed by atoms with Crippen molar-refractivity contribution in [2.24, 2.45) is 11.7 Å². The van der Waals surface area contributed by atoms with Gasteiger partial charge < -0.3 is 16.4 Å². The Morgan fingerprint density at radius 1 is 1.53 bits per heavy atom. The van der Waals surface area contributed by atoms with Gasteiger partial charge in [0, 0.05) is 18.8 Å². The van der Waals surface area contributed by atoms with E-state index < -0.39 is 5.91 Å². The topological polar surface area (TPSA) is 92.9 Å². The number of hydrogen-bond acceptors (Lipinski definition) is 5. The molecule has 0 radical (unpaired) electrons. The zero-order valence-corrected chi connectivity index (χ0v) is 12.2. The number of amides is 1. The molecule has 0 aliphatic carbocycles. The van der Waals surface area contributed by atoms with E-state index in [1.54, 1.807) is 7.05 Å². The van der Waals surface area contributed by atoms with Gasteiger partial charge in [-0.2, -0.15) is 4.98 Å². The van der Waals surface area contributed by atoms with Crippen LogP contribution in [0, 0.1) is 5.92 Å². The molecule has 0 aromatic carbocycles. The molecule has 1 aromatic heterocycles. The first-order chi connectivity index (χ1) is 8.84. The van der Waals surface area contributed by atoms with Gasteiger partial charge in [0.05, 0.1) is 5.56 Å². The molecular formula is C13H23N5O. The van der Waals surface area contributed by atoms with Crippen LogP contribution >= 0.6 is 0 Å². The van der Waals surface area contributed by atoms with Gasteiger partial charge >= 0.3 is 0 Å². The van der Waals surface area contributed by atoms with E-state index in [1.807, 2.05) is 0 Å². The fraction of sp³-hybridized carbons (Fsp3) is 0.615. The van der Waals surface area contributed by atoms with Crippen molar-refractivity contribution in [1.29, 1.82) is 0 Å². The zero-order chi connectivity index (χ0) is 14.6. The van der Waals surface area contributed by atoms with Crippen LogP contribution < -0.4 is 16.4 Å². The number of nitrogens with one attached hydrogen (secondary N) is 2. The first kappa shape index (κ1) is 15.2. The number of anilines is 2. The lowest BCUT2D eigenvalue weighted by Gasteiger charge is -2.35. The number of aromatic nitrogens is 2. The third-order valence-electron chi connectivity index (χ3n) is 3.69. The zero-order valence-electron chi connectivity index (χ0n) is 12.2. The number of carbonyl (C=O) groups excluding carboxylic acids is 1. The van der Waals surface area contributed by atoms with Crippen LogP contribution in [0.5, 0.6) is 0 Å². The number of nitrogens with two attached hydrogens (primary N) is 1. The molecule has 0 aliphatic heterocycles. The van der Waals surface area contributed by atoms with Crippen molar-refractivity contribution in [2.75, 3.05) is 17.7 Å². The first-order valence-electron chi connectivity index (χ1n) is 6.46. The molecule has 19 heavy (non-hydrogen) atoms. The Morgan fingerprint density at radius 3 is 2.58 bits per heavy atom. The Kier molecular flexibility index (Phi) is 4.69. The Labute approximate surface area is 114 Å². The largest absolute Gasteiger partial charge is 0.365 e. The highest BCUT2D eigenvalue weighted by Crippen LogP contribution is 2.27. The lowest BCUT2D eigenvalue weighted by atomic mass is 9.86. The van der Waals surface area contributed by atoms with Crippen molar-refractivity contribution in [3.63, 3.8) is 0 Å². The summed E-state index contributed by atoms with van der Waals surface area (Å²) in [6.45, 7) is 8.45. The van der Waals surface area contributed by atoms with E-state index in [0.717, 1.165) is 6.42 Å². The van der Waals surface area contributed by atoms with Gasteiger partial charge in [0.1, 0.15) is 5.82 Å². The molecule has 0 fully saturated rings. The van der Waals surface area contributed by atoms with Gasteiger partial charge in [0.15, 0.2) is 0 Å². The van der Waals surface area contributed by atoms with Crippen LogP contribution in [0.25, 0.3) is 0 Å². The quantitative estimate of drug-likeness (QED) is 0.730. The molecule has 0 bridgehead atoms.